The van der Waals surface area contributed by atoms with E-state index in [4.69, 9.17) is 5.11 Å². The standard InChI is InChI=1S/C20H23N5O6S/c1-14-19(20(27)24(23(14)3)15-7-5-4-6-8-15)21-32(30,31)16-9-10-17(22(2)11-12-26)18(13-16)25(28)29/h4-10,13,21,26H,11-12H2,1-3H3. The second kappa shape index (κ2) is 8.85. The molecule has 32 heavy (non-hydrogen) atoms. The molecule has 1 aromatic heterocycles. The second-order valence-electron chi connectivity index (χ2n) is 7.09. The van der Waals surface area contributed by atoms with E-state index in [-0.39, 0.29) is 29.4 Å². The minimum Gasteiger partial charge on any atom is -0.395 e. The van der Waals surface area contributed by atoms with Gasteiger partial charge in [-0.1, -0.05) is 18.2 Å². The molecule has 12 heteroatoms. The topological polar surface area (TPSA) is 140 Å². The summed E-state index contributed by atoms with van der Waals surface area (Å²) in [7, 11) is -1.13. The van der Waals surface area contributed by atoms with Crippen LogP contribution in [0.15, 0.2) is 58.2 Å². The van der Waals surface area contributed by atoms with E-state index in [0.29, 0.717) is 11.4 Å². The number of likely N-dealkylation sites (N-methyl/N-ethyl adjacent to an activating group) is 1. The van der Waals surface area contributed by atoms with Crippen LogP contribution in [0.2, 0.25) is 0 Å². The number of nitrogens with one attached hydrogen (secondary N) is 1. The SMILES string of the molecule is Cc1c(NS(=O)(=O)c2ccc(N(C)CCO)c([N+](=O)[O-])c2)c(=O)n(-c2ccccc2)n1C. The highest BCUT2D eigenvalue weighted by molar-refractivity contribution is 7.92. The van der Waals surface area contributed by atoms with Crippen LogP contribution in [0.1, 0.15) is 5.69 Å². The highest BCUT2D eigenvalue weighted by atomic mass is 32.2. The van der Waals surface area contributed by atoms with Crippen LogP contribution in [-0.4, -0.2) is 48.0 Å². The van der Waals surface area contributed by atoms with Crippen molar-refractivity contribution in [3.63, 3.8) is 0 Å². The Morgan fingerprint density at radius 3 is 2.44 bits per heavy atom. The van der Waals surface area contributed by atoms with Gasteiger partial charge >= 0.3 is 0 Å². The van der Waals surface area contributed by atoms with Crippen LogP contribution in [0, 0.1) is 17.0 Å². The number of nitro benzene ring substituents is 1. The van der Waals surface area contributed by atoms with Gasteiger partial charge in [0.05, 0.1) is 27.8 Å². The van der Waals surface area contributed by atoms with E-state index in [1.165, 1.54) is 26.4 Å². The van der Waals surface area contributed by atoms with Gasteiger partial charge in [0.15, 0.2) is 0 Å². The van der Waals surface area contributed by atoms with Crippen molar-refractivity contribution < 1.29 is 18.4 Å². The summed E-state index contributed by atoms with van der Waals surface area (Å²) in [5.41, 5.74) is -0.0774. The molecule has 0 aliphatic heterocycles. The average Bonchev–Trinajstić information content (AvgIpc) is 2.97. The first kappa shape index (κ1) is 23.0. The summed E-state index contributed by atoms with van der Waals surface area (Å²) < 4.78 is 31.1. The van der Waals surface area contributed by atoms with Crippen molar-refractivity contribution in [2.75, 3.05) is 29.8 Å². The van der Waals surface area contributed by atoms with Gasteiger partial charge in [-0.3, -0.25) is 24.3 Å². The highest BCUT2D eigenvalue weighted by Gasteiger charge is 2.26. The summed E-state index contributed by atoms with van der Waals surface area (Å²) in [4.78, 5) is 24.9. The zero-order valence-electron chi connectivity index (χ0n) is 17.7. The van der Waals surface area contributed by atoms with Crippen molar-refractivity contribution in [1.29, 1.82) is 0 Å². The van der Waals surface area contributed by atoms with Crippen LogP contribution in [0.5, 0.6) is 0 Å². The molecular weight excluding hydrogens is 438 g/mol. The molecule has 2 aromatic carbocycles. The van der Waals surface area contributed by atoms with Crippen molar-refractivity contribution in [2.24, 2.45) is 7.05 Å². The molecule has 0 amide bonds. The number of sulfonamides is 1. The number of nitrogens with zero attached hydrogens (tertiary/aromatic N) is 4. The molecular formula is C20H23N5O6S. The summed E-state index contributed by atoms with van der Waals surface area (Å²) in [6.07, 6.45) is 0. The zero-order valence-corrected chi connectivity index (χ0v) is 18.5. The first-order valence-corrected chi connectivity index (χ1v) is 11.0. The Balaban J connectivity index is 2.05. The van der Waals surface area contributed by atoms with Crippen LogP contribution in [0.4, 0.5) is 17.1 Å². The molecule has 0 radical (unpaired) electrons. The van der Waals surface area contributed by atoms with E-state index >= 15 is 0 Å². The molecule has 11 nitrogen and oxygen atoms in total. The van der Waals surface area contributed by atoms with E-state index in [2.05, 4.69) is 4.72 Å². The third-order valence-corrected chi connectivity index (χ3v) is 6.44. The maximum atomic E-state index is 13.0. The first-order valence-electron chi connectivity index (χ1n) is 9.55. The second-order valence-corrected chi connectivity index (χ2v) is 8.78. The molecule has 0 saturated heterocycles. The summed E-state index contributed by atoms with van der Waals surface area (Å²) in [6.45, 7) is 1.50. The molecule has 3 aromatic rings. The van der Waals surface area contributed by atoms with Crippen molar-refractivity contribution in [3.8, 4) is 5.69 Å². The molecule has 0 unspecified atom stereocenters. The minimum atomic E-state index is -4.30. The molecule has 0 fully saturated rings. The van der Waals surface area contributed by atoms with E-state index in [1.807, 2.05) is 0 Å². The molecule has 2 N–H and O–H groups in total. The smallest absolute Gasteiger partial charge is 0.296 e. The Morgan fingerprint density at radius 2 is 1.84 bits per heavy atom. The van der Waals surface area contributed by atoms with Gasteiger partial charge in [0.25, 0.3) is 21.3 Å². The van der Waals surface area contributed by atoms with Gasteiger partial charge in [-0.2, -0.15) is 0 Å². The van der Waals surface area contributed by atoms with Gasteiger partial charge in [-0.15, -0.1) is 0 Å². The Labute approximate surface area is 184 Å². The lowest BCUT2D eigenvalue weighted by atomic mass is 10.2. The van der Waals surface area contributed by atoms with E-state index in [0.717, 1.165) is 6.07 Å². The molecule has 0 atom stereocenters. The highest BCUT2D eigenvalue weighted by Crippen LogP contribution is 2.31. The number of aromatic nitrogens is 2. The number of para-hydroxylation sites is 1. The lowest BCUT2D eigenvalue weighted by Gasteiger charge is -2.18. The molecule has 0 aliphatic rings. The molecule has 3 rings (SSSR count). The summed E-state index contributed by atoms with van der Waals surface area (Å²) in [5.74, 6) is 0. The fourth-order valence-electron chi connectivity index (χ4n) is 3.29. The molecule has 0 spiro atoms. The van der Waals surface area contributed by atoms with Gasteiger partial charge in [0, 0.05) is 26.7 Å². The molecule has 0 bridgehead atoms. The molecule has 0 aliphatic carbocycles. The molecule has 0 saturated carbocycles. The Hall–Kier alpha value is -3.64. The maximum absolute atomic E-state index is 13.0. The third kappa shape index (κ3) is 4.22. The predicted octanol–water partition coefficient (Wildman–Crippen LogP) is 1.62. The lowest BCUT2D eigenvalue weighted by Crippen LogP contribution is -2.24. The number of hydrogen-bond acceptors (Lipinski definition) is 7. The third-order valence-electron chi connectivity index (χ3n) is 5.09. The van der Waals surface area contributed by atoms with Crippen LogP contribution in [0.3, 0.4) is 0 Å². The van der Waals surface area contributed by atoms with Crippen LogP contribution >= 0.6 is 0 Å². The van der Waals surface area contributed by atoms with E-state index < -0.39 is 26.2 Å². The predicted molar refractivity (Wildman–Crippen MR) is 120 cm³/mol. The molecule has 170 valence electrons. The van der Waals surface area contributed by atoms with Gasteiger partial charge in [-0.25, -0.2) is 13.1 Å². The summed E-state index contributed by atoms with van der Waals surface area (Å²) in [6, 6.07) is 12.2. The van der Waals surface area contributed by atoms with Crippen molar-refractivity contribution >= 4 is 27.1 Å². The van der Waals surface area contributed by atoms with Crippen molar-refractivity contribution in [3.05, 3.63) is 74.7 Å². The number of aliphatic hydroxyl groups excluding tert-OH is 1. The Bertz CT molecular complexity index is 1310. The average molecular weight is 462 g/mol. The summed E-state index contributed by atoms with van der Waals surface area (Å²) in [5, 5.41) is 20.6. The first-order chi connectivity index (χ1) is 15.1. The number of anilines is 2. The van der Waals surface area contributed by atoms with Crippen molar-refractivity contribution in [2.45, 2.75) is 11.8 Å². The van der Waals surface area contributed by atoms with Crippen molar-refractivity contribution in [1.82, 2.24) is 9.36 Å². The van der Waals surface area contributed by atoms with E-state index in [9.17, 15) is 23.3 Å². The number of rotatable bonds is 8. The molecule has 1 heterocycles. The largest absolute Gasteiger partial charge is 0.395 e. The fraction of sp³-hybridized carbons (Fsp3) is 0.250. The minimum absolute atomic E-state index is 0.132. The lowest BCUT2D eigenvalue weighted by molar-refractivity contribution is -0.384. The van der Waals surface area contributed by atoms with E-state index in [1.54, 1.807) is 51.4 Å². The van der Waals surface area contributed by atoms with Crippen LogP contribution < -0.4 is 15.2 Å². The van der Waals surface area contributed by atoms with Gasteiger partial charge in [0.2, 0.25) is 0 Å². The number of hydrogen-bond donors (Lipinski definition) is 2. The van der Waals surface area contributed by atoms with Gasteiger partial charge in [-0.05, 0) is 31.2 Å². The monoisotopic (exact) mass is 461 g/mol. The number of nitro groups is 1. The normalized spacial score (nSPS) is 11.4. The Kier molecular flexibility index (Phi) is 6.37. The number of aliphatic hydroxyl groups is 1. The van der Waals surface area contributed by atoms with Gasteiger partial charge < -0.3 is 10.0 Å². The quantitative estimate of drug-likeness (QED) is 0.384. The fourth-order valence-corrected chi connectivity index (χ4v) is 4.42. The zero-order chi connectivity index (χ0) is 23.6. The van der Waals surface area contributed by atoms with Gasteiger partial charge in [0.1, 0.15) is 11.4 Å². The Morgan fingerprint density at radius 1 is 1.19 bits per heavy atom. The number of benzene rings is 2. The van der Waals surface area contributed by atoms with Crippen LogP contribution in [-0.2, 0) is 17.1 Å². The maximum Gasteiger partial charge on any atom is 0.296 e. The summed E-state index contributed by atoms with van der Waals surface area (Å²) >= 11 is 0. The van der Waals surface area contributed by atoms with Crippen LogP contribution in [0.25, 0.3) is 5.69 Å².